The van der Waals surface area contributed by atoms with E-state index in [4.69, 9.17) is 0 Å². The van der Waals surface area contributed by atoms with Gasteiger partial charge in [0.25, 0.3) is 0 Å². The van der Waals surface area contributed by atoms with Gasteiger partial charge in [-0.2, -0.15) is 0 Å². The van der Waals surface area contributed by atoms with Crippen molar-refractivity contribution in [1.29, 1.82) is 0 Å². The fraction of sp³-hybridized carbons (Fsp3) is 0.333. The third-order valence-corrected chi connectivity index (χ3v) is 70.6. The third kappa shape index (κ3) is 4.69. The molecule has 2 aliphatic carbocycles. The Labute approximate surface area is 268 Å². The van der Waals surface area contributed by atoms with Gasteiger partial charge >= 0.3 is 270 Å². The molecule has 2 aliphatic rings. The summed E-state index contributed by atoms with van der Waals surface area (Å²) in [7, 11) is 0. The molecule has 226 valence electrons. The van der Waals surface area contributed by atoms with Crippen LogP contribution in [0.2, 0.25) is 20.4 Å². The molecular weight excluding hydrogens is 711 g/mol. The summed E-state index contributed by atoms with van der Waals surface area (Å²) in [5.41, 5.74) is 18.0. The number of allylic oxidation sites excluding steroid dienone is 2. The van der Waals surface area contributed by atoms with Gasteiger partial charge in [0.05, 0.1) is 0 Å². The number of aryl methyl sites for hydroxylation is 2. The molecule has 0 radical (unpaired) electrons. The van der Waals surface area contributed by atoms with Crippen molar-refractivity contribution in [3.05, 3.63) is 129 Å². The first-order valence-corrected chi connectivity index (χ1v) is 35.1. The number of benzene rings is 4. The topological polar surface area (TPSA) is 0 Å². The fourth-order valence-corrected chi connectivity index (χ4v) is 81.7. The van der Waals surface area contributed by atoms with Gasteiger partial charge in [0.2, 0.25) is 0 Å². The van der Waals surface area contributed by atoms with E-state index in [2.05, 4.69) is 162 Å². The predicted octanol–water partition coefficient (Wildman–Crippen LogP) is 12.7. The molecule has 0 saturated heterocycles. The van der Waals surface area contributed by atoms with Gasteiger partial charge in [-0.3, -0.25) is 0 Å². The molecule has 4 aromatic carbocycles. The second-order valence-corrected chi connectivity index (χ2v) is 60.7. The fourth-order valence-electron chi connectivity index (χ4n) is 9.82. The Morgan fingerprint density at radius 2 is 0.886 bits per heavy atom. The molecule has 2 unspecified atom stereocenters. The maximum absolute atomic E-state index is 3.97. The standard InChI is InChI=1S/2C17H15.C6H14Si.2CH3.Hf/c2*1-12-6-3-9-15(13(12)2)17-11-5-8-14-7-4-10-16(14)17;1-5(2)7-6(3)4;;;/h2*3-11H,1-2H3;5-6H,1-4H3;2*1H3;. The summed E-state index contributed by atoms with van der Waals surface area (Å²) < 4.78 is 6.87. The molecule has 0 aliphatic heterocycles. The number of hydrogen-bond acceptors (Lipinski definition) is 0. The first-order chi connectivity index (χ1) is 20.9. The summed E-state index contributed by atoms with van der Waals surface area (Å²) in [6.07, 6.45) is 10.4. The monoisotopic (exact) mass is 762 g/mol. The second kappa shape index (κ2) is 11.4. The summed E-state index contributed by atoms with van der Waals surface area (Å²) in [4.78, 5) is 0. The van der Waals surface area contributed by atoms with Crippen LogP contribution in [0.1, 0.15) is 79.6 Å². The van der Waals surface area contributed by atoms with Crippen LogP contribution >= 0.6 is 0 Å². The first kappa shape index (κ1) is 31.4. The van der Waals surface area contributed by atoms with Crippen molar-refractivity contribution in [2.45, 2.75) is 83.2 Å². The predicted molar refractivity (Wildman–Crippen MR) is 194 cm³/mol. The zero-order valence-electron chi connectivity index (χ0n) is 28.5. The van der Waals surface area contributed by atoms with E-state index in [9.17, 15) is 0 Å². The summed E-state index contributed by atoms with van der Waals surface area (Å²) in [5.74, 6) is 0. The third-order valence-electron chi connectivity index (χ3n) is 11.7. The SMILES string of the molecule is Cc1cccc(-c2cccc3c2C=C[CH]3[Hf]([CH3])([CH3])([CH]2C=Cc3c(-c4cccc(C)c4C)cccc32)=[Si](C(C)C)C(C)C)c1C. The van der Waals surface area contributed by atoms with Crippen molar-refractivity contribution >= 4 is 17.6 Å². The van der Waals surface area contributed by atoms with Crippen LogP contribution in [0.5, 0.6) is 0 Å². The van der Waals surface area contributed by atoms with Crippen LogP contribution in [0.15, 0.2) is 84.9 Å². The van der Waals surface area contributed by atoms with E-state index in [0.717, 1.165) is 11.1 Å². The van der Waals surface area contributed by atoms with Gasteiger partial charge in [-0.05, 0) is 0 Å². The molecule has 0 amide bonds. The summed E-state index contributed by atoms with van der Waals surface area (Å²) in [6, 6.07) is 28.0. The quantitative estimate of drug-likeness (QED) is 0.172. The van der Waals surface area contributed by atoms with Gasteiger partial charge in [0.15, 0.2) is 0 Å². The molecule has 0 saturated carbocycles. The summed E-state index contributed by atoms with van der Waals surface area (Å²) >= 11 is -3.97. The van der Waals surface area contributed by atoms with Gasteiger partial charge < -0.3 is 0 Å². The van der Waals surface area contributed by atoms with Crippen LogP contribution in [0.4, 0.5) is 0 Å². The zero-order chi connectivity index (χ0) is 31.6. The molecule has 2 atom stereocenters. The molecular formula is C42H50HfSi. The van der Waals surface area contributed by atoms with Crippen LogP contribution in [0.3, 0.4) is 0 Å². The molecule has 0 bridgehead atoms. The van der Waals surface area contributed by atoms with E-state index in [1.165, 1.54) is 55.6 Å². The number of rotatable bonds is 6. The Hall–Kier alpha value is -2.55. The van der Waals surface area contributed by atoms with Crippen LogP contribution in [0, 0.1) is 27.7 Å². The maximum atomic E-state index is 2.90. The van der Waals surface area contributed by atoms with E-state index < -0.39 is 22.6 Å². The minimum absolute atomic E-state index is 0.538. The number of hydrogen-bond donors (Lipinski definition) is 0. The van der Waals surface area contributed by atoms with Crippen molar-refractivity contribution in [2.75, 3.05) is 0 Å². The Balaban J connectivity index is 1.62. The van der Waals surface area contributed by atoms with Gasteiger partial charge in [-0.15, -0.1) is 0 Å². The van der Waals surface area contributed by atoms with Crippen LogP contribution in [-0.2, 0) is 17.1 Å². The van der Waals surface area contributed by atoms with E-state index in [-0.39, 0.29) is 0 Å². The van der Waals surface area contributed by atoms with Gasteiger partial charge in [0.1, 0.15) is 0 Å². The van der Waals surface area contributed by atoms with Crippen molar-refractivity contribution in [3.8, 4) is 22.3 Å². The van der Waals surface area contributed by atoms with Crippen molar-refractivity contribution in [1.82, 2.24) is 0 Å². The first-order valence-electron chi connectivity index (χ1n) is 16.7. The molecule has 0 N–H and O–H groups in total. The Bertz CT molecular complexity index is 1790. The van der Waals surface area contributed by atoms with Crippen molar-refractivity contribution < 1.29 is 17.1 Å². The molecule has 44 heavy (non-hydrogen) atoms. The van der Waals surface area contributed by atoms with Gasteiger partial charge in [-0.1, -0.05) is 0 Å². The summed E-state index contributed by atoms with van der Waals surface area (Å²) in [6.45, 7) is 19.3. The van der Waals surface area contributed by atoms with Crippen molar-refractivity contribution in [2.24, 2.45) is 0 Å². The van der Waals surface area contributed by atoms with Gasteiger partial charge in [0, 0.05) is 0 Å². The van der Waals surface area contributed by atoms with Crippen LogP contribution < -0.4 is 0 Å². The molecule has 0 nitrogen and oxygen atoms in total. The van der Waals surface area contributed by atoms with Crippen LogP contribution in [-0.4, -0.2) is 5.49 Å². The van der Waals surface area contributed by atoms with E-state index in [1.807, 2.05) is 0 Å². The molecule has 0 fully saturated rings. The van der Waals surface area contributed by atoms with E-state index >= 15 is 0 Å². The minimum atomic E-state index is -3.97. The van der Waals surface area contributed by atoms with E-state index in [0.29, 0.717) is 7.35 Å². The molecule has 0 spiro atoms. The molecule has 4 aromatic rings. The molecule has 6 rings (SSSR count). The average Bonchev–Trinajstić information content (AvgIpc) is 3.62. The van der Waals surface area contributed by atoms with E-state index in [1.54, 1.807) is 11.1 Å². The zero-order valence-corrected chi connectivity index (χ0v) is 33.1. The Morgan fingerprint density at radius 1 is 0.523 bits per heavy atom. The second-order valence-electron chi connectivity index (χ2n) is 15.2. The normalized spacial score (nSPS) is 17.5. The van der Waals surface area contributed by atoms with Crippen molar-refractivity contribution in [3.63, 3.8) is 0 Å². The average molecular weight is 761 g/mol. The molecule has 0 aromatic heterocycles. The molecule has 0 heterocycles. The Morgan fingerprint density at radius 3 is 1.27 bits per heavy atom. The Kier molecular flexibility index (Phi) is 8.11. The van der Waals surface area contributed by atoms with Crippen LogP contribution in [0.25, 0.3) is 34.4 Å². The van der Waals surface area contributed by atoms with Gasteiger partial charge in [-0.25, -0.2) is 0 Å². The summed E-state index contributed by atoms with van der Waals surface area (Å²) in [5, 5.41) is 0. The molecule has 2 heteroatoms. The number of fused-ring (bicyclic) bond motifs is 2.